The summed E-state index contributed by atoms with van der Waals surface area (Å²) in [6, 6.07) is 12.9. The van der Waals surface area contributed by atoms with Crippen LogP contribution < -0.4 is 10.5 Å². The molecule has 4 aliphatic rings. The van der Waals surface area contributed by atoms with Gasteiger partial charge in [0.25, 0.3) is 5.56 Å². The van der Waals surface area contributed by atoms with Crippen molar-refractivity contribution in [1.82, 2.24) is 19.4 Å². The molecule has 1 aromatic heterocycles. The number of halogens is 1. The van der Waals surface area contributed by atoms with Gasteiger partial charge in [0.1, 0.15) is 11.4 Å². The van der Waals surface area contributed by atoms with E-state index in [1.807, 2.05) is 32.9 Å². The first-order chi connectivity index (χ1) is 19.6. The molecular weight excluding hydrogens is 538 g/mol. The summed E-state index contributed by atoms with van der Waals surface area (Å²) < 4.78 is 7.73. The fourth-order valence-corrected chi connectivity index (χ4v) is 7.62. The molecule has 1 amide bonds. The summed E-state index contributed by atoms with van der Waals surface area (Å²) in [5.41, 5.74) is 3.57. The van der Waals surface area contributed by atoms with Gasteiger partial charge in [-0.05, 0) is 69.5 Å². The number of ether oxygens (including phenoxy) is 1. The van der Waals surface area contributed by atoms with Crippen LogP contribution in [0.1, 0.15) is 64.3 Å². The lowest BCUT2D eigenvalue weighted by Crippen LogP contribution is -2.64. The van der Waals surface area contributed by atoms with Crippen LogP contribution in [0.2, 0.25) is 5.02 Å². The zero-order chi connectivity index (χ0) is 28.5. The number of rotatable bonds is 2. The van der Waals surface area contributed by atoms with Gasteiger partial charge >= 0.3 is 6.09 Å². The Balaban J connectivity index is 1.13. The van der Waals surface area contributed by atoms with E-state index < -0.39 is 5.60 Å². The number of hydrogen-bond acceptors (Lipinski definition) is 6. The average molecular weight is 576 g/mol. The van der Waals surface area contributed by atoms with Crippen molar-refractivity contribution in [3.05, 3.63) is 63.2 Å². The van der Waals surface area contributed by atoms with Crippen molar-refractivity contribution in [2.45, 2.75) is 69.9 Å². The third-order valence-electron chi connectivity index (χ3n) is 9.45. The third kappa shape index (κ3) is 4.41. The van der Waals surface area contributed by atoms with E-state index in [9.17, 15) is 9.59 Å². The Morgan fingerprint density at radius 2 is 1.76 bits per heavy atom. The molecule has 2 aromatic carbocycles. The molecule has 2 saturated heterocycles. The van der Waals surface area contributed by atoms with Gasteiger partial charge in [-0.1, -0.05) is 36.9 Å². The van der Waals surface area contributed by atoms with Crippen LogP contribution in [-0.4, -0.2) is 76.4 Å². The van der Waals surface area contributed by atoms with E-state index >= 15 is 0 Å². The van der Waals surface area contributed by atoms with Crippen molar-refractivity contribution in [3.63, 3.8) is 0 Å². The minimum absolute atomic E-state index is 0.213. The zero-order valence-corrected chi connectivity index (χ0v) is 24.9. The Kier molecular flexibility index (Phi) is 6.36. The first kappa shape index (κ1) is 26.8. The molecule has 1 spiro atoms. The third-order valence-corrected chi connectivity index (χ3v) is 9.76. The summed E-state index contributed by atoms with van der Waals surface area (Å²) in [6.07, 6.45) is 5.28. The summed E-state index contributed by atoms with van der Waals surface area (Å²) in [7, 11) is 0. The van der Waals surface area contributed by atoms with Crippen molar-refractivity contribution >= 4 is 34.3 Å². The highest BCUT2D eigenvalue weighted by atomic mass is 35.5. The lowest BCUT2D eigenvalue weighted by molar-refractivity contribution is -0.0162. The first-order valence-corrected chi connectivity index (χ1v) is 15.4. The van der Waals surface area contributed by atoms with E-state index in [1.54, 1.807) is 11.0 Å². The van der Waals surface area contributed by atoms with E-state index in [4.69, 9.17) is 21.3 Å². The van der Waals surface area contributed by atoms with Crippen LogP contribution in [0, 0.1) is 0 Å². The topological polar surface area (TPSA) is 70.9 Å². The molecule has 7 rings (SSSR count). The van der Waals surface area contributed by atoms with Crippen molar-refractivity contribution in [2.24, 2.45) is 0 Å². The van der Waals surface area contributed by atoms with Crippen LogP contribution in [0.25, 0.3) is 16.6 Å². The van der Waals surface area contributed by atoms with Gasteiger partial charge in [0.05, 0.1) is 27.0 Å². The number of nitrogens with zero attached hydrogens (tertiary/aromatic N) is 5. The number of anilines is 1. The molecule has 1 aliphatic carbocycles. The summed E-state index contributed by atoms with van der Waals surface area (Å²) >= 11 is 6.50. The predicted molar refractivity (Wildman–Crippen MR) is 162 cm³/mol. The van der Waals surface area contributed by atoms with Crippen LogP contribution in [0.3, 0.4) is 0 Å². The largest absolute Gasteiger partial charge is 0.444 e. The highest BCUT2D eigenvalue weighted by Gasteiger charge is 2.47. The quantitative estimate of drug-likeness (QED) is 0.411. The van der Waals surface area contributed by atoms with Crippen molar-refractivity contribution in [3.8, 4) is 5.69 Å². The molecular formula is C32H38ClN5O3. The smallest absolute Gasteiger partial charge is 0.410 e. The molecule has 0 atom stereocenters. The van der Waals surface area contributed by atoms with E-state index in [1.165, 1.54) is 17.7 Å². The normalized spacial score (nSPS) is 20.7. The van der Waals surface area contributed by atoms with Gasteiger partial charge in [-0.3, -0.25) is 14.3 Å². The second-order valence-electron chi connectivity index (χ2n) is 13.1. The second kappa shape index (κ2) is 9.73. The monoisotopic (exact) mass is 575 g/mol. The fraction of sp³-hybridized carbons (Fsp3) is 0.531. The van der Waals surface area contributed by atoms with Gasteiger partial charge in [0.15, 0.2) is 0 Å². The first-order valence-electron chi connectivity index (χ1n) is 15.0. The number of carbonyl (C=O) groups is 1. The molecule has 3 aromatic rings. The Morgan fingerprint density at radius 1 is 1.02 bits per heavy atom. The molecule has 9 heteroatoms. The maximum atomic E-state index is 13.2. The number of hydrogen-bond donors (Lipinski definition) is 0. The van der Waals surface area contributed by atoms with Crippen molar-refractivity contribution in [2.75, 3.05) is 44.2 Å². The van der Waals surface area contributed by atoms with Gasteiger partial charge in [-0.15, -0.1) is 0 Å². The highest BCUT2D eigenvalue weighted by Crippen LogP contribution is 2.52. The van der Waals surface area contributed by atoms with E-state index in [0.29, 0.717) is 16.5 Å². The summed E-state index contributed by atoms with van der Waals surface area (Å²) in [5.74, 6) is 0.883. The molecule has 0 unspecified atom stereocenters. The number of benzene rings is 2. The molecule has 3 aliphatic heterocycles. The summed E-state index contributed by atoms with van der Waals surface area (Å²) in [5, 5.41) is 0.953. The summed E-state index contributed by atoms with van der Waals surface area (Å²) in [6.45, 7) is 11.0. The molecule has 41 heavy (non-hydrogen) atoms. The van der Waals surface area contributed by atoms with Gasteiger partial charge in [0.2, 0.25) is 0 Å². The van der Waals surface area contributed by atoms with Gasteiger partial charge in [-0.2, -0.15) is 4.98 Å². The molecule has 0 N–H and O–H groups in total. The molecule has 8 nitrogen and oxygen atoms in total. The Morgan fingerprint density at radius 3 is 2.46 bits per heavy atom. The predicted octanol–water partition coefficient (Wildman–Crippen LogP) is 5.34. The van der Waals surface area contributed by atoms with Crippen LogP contribution >= 0.6 is 11.6 Å². The molecule has 0 radical (unpaired) electrons. The van der Waals surface area contributed by atoms with E-state index in [2.05, 4.69) is 32.6 Å². The number of carbonyl (C=O) groups excluding carboxylic acids is 1. The van der Waals surface area contributed by atoms with Crippen LogP contribution in [-0.2, 0) is 10.2 Å². The number of amides is 1. The Bertz CT molecular complexity index is 1570. The SMILES string of the molecule is CC(C)(C)OC(=O)N1CC(N2CCN(c3ccc4c(c3)C3(CCCCC3)c3nc(=O)c5c(Cl)cccc5n3-4)CC2)C1. The molecule has 4 heterocycles. The standard InChI is InChI=1S/C32H38ClN5O3/c1-31(2,3)41-30(40)37-19-22(20-37)36-16-14-35(15-17-36)21-10-11-25-23(18-21)32(12-5-4-6-13-32)29-34-28(39)27-24(33)8-7-9-26(27)38(25)29/h7-11,18,22H,4-6,12-17,19-20H2,1-3H3. The maximum absolute atomic E-state index is 13.2. The number of piperazine rings is 1. The van der Waals surface area contributed by atoms with Crippen LogP contribution in [0.4, 0.5) is 10.5 Å². The van der Waals surface area contributed by atoms with Crippen LogP contribution in [0.15, 0.2) is 41.2 Å². The van der Waals surface area contributed by atoms with E-state index in [0.717, 1.165) is 82.0 Å². The van der Waals surface area contributed by atoms with Gasteiger partial charge in [0, 0.05) is 51.0 Å². The minimum Gasteiger partial charge on any atom is -0.444 e. The minimum atomic E-state index is -0.465. The Labute approximate surface area is 245 Å². The average Bonchev–Trinajstić information content (AvgIpc) is 3.16. The van der Waals surface area contributed by atoms with Gasteiger partial charge < -0.3 is 14.5 Å². The fourth-order valence-electron chi connectivity index (χ4n) is 7.37. The number of fused-ring (bicyclic) bond motifs is 7. The highest BCUT2D eigenvalue weighted by molar-refractivity contribution is 6.35. The zero-order valence-electron chi connectivity index (χ0n) is 24.2. The second-order valence-corrected chi connectivity index (χ2v) is 13.5. The van der Waals surface area contributed by atoms with Crippen molar-refractivity contribution in [1.29, 1.82) is 0 Å². The summed E-state index contributed by atoms with van der Waals surface area (Å²) in [4.78, 5) is 37.1. The van der Waals surface area contributed by atoms with E-state index in [-0.39, 0.29) is 17.1 Å². The maximum Gasteiger partial charge on any atom is 0.410 e. The van der Waals surface area contributed by atoms with Crippen LogP contribution in [0.5, 0.6) is 0 Å². The lowest BCUT2D eigenvalue weighted by atomic mass is 9.69. The number of likely N-dealkylation sites (tertiary alicyclic amines) is 1. The van der Waals surface area contributed by atoms with Crippen molar-refractivity contribution < 1.29 is 9.53 Å². The molecule has 0 bridgehead atoms. The Hall–Kier alpha value is -3.10. The molecule has 216 valence electrons. The van der Waals surface area contributed by atoms with Gasteiger partial charge in [-0.25, -0.2) is 4.79 Å². The molecule has 1 saturated carbocycles. The lowest BCUT2D eigenvalue weighted by Gasteiger charge is -2.48. The molecule has 3 fully saturated rings. The number of aromatic nitrogens is 2.